The number of benzene rings is 1. The second-order valence-corrected chi connectivity index (χ2v) is 5.51. The molecule has 0 saturated heterocycles. The predicted molar refractivity (Wildman–Crippen MR) is 108 cm³/mol. The topological polar surface area (TPSA) is 61.0 Å². The van der Waals surface area contributed by atoms with E-state index in [1.165, 1.54) is 11.1 Å². The van der Waals surface area contributed by atoms with Crippen LogP contribution in [0.4, 0.5) is 0 Å². The fourth-order valence-electron chi connectivity index (χ4n) is 2.33. The summed E-state index contributed by atoms with van der Waals surface area (Å²) in [5.74, 6) is 1.30. The summed E-state index contributed by atoms with van der Waals surface area (Å²) in [6, 6.07) is 11.8. The highest BCUT2D eigenvalue weighted by Gasteiger charge is 2.12. The third-order valence-electron chi connectivity index (χ3n) is 3.65. The highest BCUT2D eigenvalue weighted by molar-refractivity contribution is 14.0. The van der Waals surface area contributed by atoms with Crippen LogP contribution in [0, 0.1) is 6.92 Å². The summed E-state index contributed by atoms with van der Waals surface area (Å²) >= 11 is 0. The first kappa shape index (κ1) is 20.5. The van der Waals surface area contributed by atoms with Crippen LogP contribution in [0.1, 0.15) is 29.9 Å². The first-order chi connectivity index (χ1) is 11.1. The van der Waals surface area contributed by atoms with E-state index in [2.05, 4.69) is 34.3 Å². The van der Waals surface area contributed by atoms with Crippen LogP contribution in [0.3, 0.4) is 0 Å². The molecule has 0 amide bonds. The first-order valence-corrected chi connectivity index (χ1v) is 7.87. The molecule has 2 rings (SSSR count). The smallest absolute Gasteiger partial charge is 0.194 e. The predicted octanol–water partition coefficient (Wildman–Crippen LogP) is 3.34. The van der Waals surface area contributed by atoms with Crippen molar-refractivity contribution >= 4 is 29.9 Å². The summed E-state index contributed by atoms with van der Waals surface area (Å²) < 4.78 is 5.21. The van der Waals surface area contributed by atoms with Crippen molar-refractivity contribution in [3.63, 3.8) is 0 Å². The number of aliphatic hydroxyl groups is 1. The molecule has 5 nitrogen and oxygen atoms in total. The fraction of sp³-hybridized carbons (Fsp3) is 0.389. The van der Waals surface area contributed by atoms with Crippen molar-refractivity contribution in [3.05, 3.63) is 59.5 Å². The lowest BCUT2D eigenvalue weighted by Crippen LogP contribution is -2.38. The van der Waals surface area contributed by atoms with Gasteiger partial charge >= 0.3 is 0 Å². The highest BCUT2D eigenvalue weighted by Crippen LogP contribution is 2.14. The van der Waals surface area contributed by atoms with Crippen LogP contribution in [0.25, 0.3) is 0 Å². The van der Waals surface area contributed by atoms with E-state index in [0.29, 0.717) is 5.76 Å². The Bertz CT molecular complexity index is 629. The van der Waals surface area contributed by atoms with Gasteiger partial charge in [0.1, 0.15) is 11.9 Å². The lowest BCUT2D eigenvalue weighted by Gasteiger charge is -2.23. The Morgan fingerprint density at radius 3 is 2.67 bits per heavy atom. The molecule has 0 bridgehead atoms. The molecule has 1 heterocycles. The zero-order valence-corrected chi connectivity index (χ0v) is 16.7. The molecule has 1 aromatic heterocycles. The van der Waals surface area contributed by atoms with E-state index in [4.69, 9.17) is 4.42 Å². The molecule has 2 N–H and O–H groups in total. The summed E-state index contributed by atoms with van der Waals surface area (Å²) in [7, 11) is 1.99. The minimum atomic E-state index is -0.731. The minimum absolute atomic E-state index is 0. The number of aliphatic imine (C=N–C) groups is 1. The van der Waals surface area contributed by atoms with E-state index < -0.39 is 6.10 Å². The number of aryl methyl sites for hydroxylation is 1. The molecule has 2 aromatic rings. The molecule has 6 heteroatoms. The van der Waals surface area contributed by atoms with E-state index in [1.54, 1.807) is 18.4 Å². The Hall–Kier alpha value is -1.54. The van der Waals surface area contributed by atoms with Gasteiger partial charge in [0.2, 0.25) is 0 Å². The molecular formula is C18H26IN3O2. The Kier molecular flexibility index (Phi) is 8.84. The van der Waals surface area contributed by atoms with E-state index in [0.717, 1.165) is 19.0 Å². The normalized spacial score (nSPS) is 12.4. The molecule has 0 radical (unpaired) electrons. The Labute approximate surface area is 160 Å². The number of hydrogen-bond donors (Lipinski definition) is 2. The summed E-state index contributed by atoms with van der Waals surface area (Å²) in [6.07, 6.45) is 0.822. The third-order valence-corrected chi connectivity index (χ3v) is 3.65. The summed E-state index contributed by atoms with van der Waals surface area (Å²) in [4.78, 5) is 6.57. The number of rotatable bonds is 6. The van der Waals surface area contributed by atoms with E-state index in [9.17, 15) is 5.11 Å². The van der Waals surface area contributed by atoms with Crippen LogP contribution in [0.2, 0.25) is 0 Å². The second kappa shape index (κ2) is 10.4. The molecule has 0 aliphatic carbocycles. The quantitative estimate of drug-likeness (QED) is 0.409. The summed E-state index contributed by atoms with van der Waals surface area (Å²) in [5, 5.41) is 13.4. The lowest BCUT2D eigenvalue weighted by atomic mass is 10.1. The molecule has 0 fully saturated rings. The van der Waals surface area contributed by atoms with Gasteiger partial charge in [0.05, 0.1) is 12.8 Å². The van der Waals surface area contributed by atoms with Crippen LogP contribution >= 0.6 is 24.0 Å². The number of guanidine groups is 1. The van der Waals surface area contributed by atoms with Crippen molar-refractivity contribution in [1.82, 2.24) is 10.2 Å². The van der Waals surface area contributed by atoms with Crippen molar-refractivity contribution in [3.8, 4) is 0 Å². The van der Waals surface area contributed by atoms with Gasteiger partial charge < -0.3 is 19.7 Å². The van der Waals surface area contributed by atoms with Gasteiger partial charge in [0.15, 0.2) is 5.96 Å². The zero-order chi connectivity index (χ0) is 16.7. The van der Waals surface area contributed by atoms with Crippen molar-refractivity contribution < 1.29 is 9.52 Å². The SMILES string of the molecule is CCNC(=NCC(O)c1ccco1)N(C)Cc1ccccc1C.I. The number of hydrogen-bond acceptors (Lipinski definition) is 3. The highest BCUT2D eigenvalue weighted by atomic mass is 127. The maximum absolute atomic E-state index is 10.1. The van der Waals surface area contributed by atoms with Crippen LogP contribution in [-0.2, 0) is 6.54 Å². The van der Waals surface area contributed by atoms with Gasteiger partial charge in [-0.25, -0.2) is 4.99 Å². The van der Waals surface area contributed by atoms with Crippen LogP contribution in [-0.4, -0.2) is 36.1 Å². The Morgan fingerprint density at radius 1 is 1.29 bits per heavy atom. The van der Waals surface area contributed by atoms with Crippen LogP contribution in [0.5, 0.6) is 0 Å². The van der Waals surface area contributed by atoms with Gasteiger partial charge in [-0.15, -0.1) is 24.0 Å². The molecule has 1 unspecified atom stereocenters. The number of halogens is 1. The average Bonchev–Trinajstić information content (AvgIpc) is 3.07. The van der Waals surface area contributed by atoms with Crippen LogP contribution < -0.4 is 5.32 Å². The minimum Gasteiger partial charge on any atom is -0.467 e. The van der Waals surface area contributed by atoms with Gasteiger partial charge in [-0.3, -0.25) is 0 Å². The number of furan rings is 1. The van der Waals surface area contributed by atoms with Crippen molar-refractivity contribution in [2.45, 2.75) is 26.5 Å². The van der Waals surface area contributed by atoms with Gasteiger partial charge in [-0.05, 0) is 37.1 Å². The fourth-order valence-corrected chi connectivity index (χ4v) is 2.33. The van der Waals surface area contributed by atoms with Crippen molar-refractivity contribution in [1.29, 1.82) is 0 Å². The van der Waals surface area contributed by atoms with Gasteiger partial charge in [-0.2, -0.15) is 0 Å². The maximum atomic E-state index is 10.1. The zero-order valence-electron chi connectivity index (χ0n) is 14.4. The molecular weight excluding hydrogens is 417 g/mol. The molecule has 0 aliphatic heterocycles. The first-order valence-electron chi connectivity index (χ1n) is 7.87. The van der Waals surface area contributed by atoms with Crippen molar-refractivity contribution in [2.75, 3.05) is 20.1 Å². The largest absolute Gasteiger partial charge is 0.467 e. The van der Waals surface area contributed by atoms with Gasteiger partial charge in [0, 0.05) is 20.1 Å². The second-order valence-electron chi connectivity index (χ2n) is 5.51. The molecule has 0 saturated carbocycles. The number of nitrogens with one attached hydrogen (secondary N) is 1. The van der Waals surface area contributed by atoms with Crippen LogP contribution in [0.15, 0.2) is 52.1 Å². The molecule has 0 aliphatic rings. The average molecular weight is 443 g/mol. The van der Waals surface area contributed by atoms with E-state index in [-0.39, 0.29) is 30.5 Å². The monoisotopic (exact) mass is 443 g/mol. The number of aliphatic hydroxyl groups excluding tert-OH is 1. The van der Waals surface area contributed by atoms with Crippen molar-refractivity contribution in [2.24, 2.45) is 4.99 Å². The van der Waals surface area contributed by atoms with Gasteiger partial charge in [0.25, 0.3) is 0 Å². The maximum Gasteiger partial charge on any atom is 0.194 e. The third kappa shape index (κ3) is 5.83. The molecule has 0 spiro atoms. The molecule has 1 aromatic carbocycles. The van der Waals surface area contributed by atoms with E-state index in [1.807, 2.05) is 26.1 Å². The van der Waals surface area contributed by atoms with E-state index >= 15 is 0 Å². The summed E-state index contributed by atoms with van der Waals surface area (Å²) in [6.45, 7) is 5.92. The summed E-state index contributed by atoms with van der Waals surface area (Å²) in [5.41, 5.74) is 2.51. The van der Waals surface area contributed by atoms with Gasteiger partial charge in [-0.1, -0.05) is 24.3 Å². The molecule has 132 valence electrons. The Balaban J connectivity index is 0.00000288. The molecule has 24 heavy (non-hydrogen) atoms. The standard InChI is InChI=1S/C18H25N3O2.HI/c1-4-19-18(20-12-16(22)17-10-7-11-23-17)21(3)13-15-9-6-5-8-14(15)2;/h5-11,16,22H,4,12-13H2,1-3H3,(H,19,20);1H. The lowest BCUT2D eigenvalue weighted by molar-refractivity contribution is 0.158. The Morgan fingerprint density at radius 2 is 2.04 bits per heavy atom. The molecule has 1 atom stereocenters. The number of nitrogens with zero attached hydrogens (tertiary/aromatic N) is 2.